The van der Waals surface area contributed by atoms with E-state index in [1.54, 1.807) is 32.9 Å². The highest BCUT2D eigenvalue weighted by atomic mass is 35.5. The third-order valence-electron chi connectivity index (χ3n) is 9.59. The largest absolute Gasteiger partial charge is 0.444 e. The number of likely N-dealkylation sites (N-methyl/N-ethyl adjacent to an activating group) is 1. The van der Waals surface area contributed by atoms with Gasteiger partial charge in [0.25, 0.3) is 5.56 Å². The van der Waals surface area contributed by atoms with Crippen LogP contribution < -0.4 is 10.5 Å². The monoisotopic (exact) mass is 670 g/mol. The van der Waals surface area contributed by atoms with Crippen molar-refractivity contribution in [2.24, 2.45) is 7.05 Å². The molecule has 3 aliphatic rings. The van der Waals surface area contributed by atoms with Crippen molar-refractivity contribution in [2.75, 3.05) is 18.6 Å². The Hall–Kier alpha value is -3.35. The third kappa shape index (κ3) is 4.95. The summed E-state index contributed by atoms with van der Waals surface area (Å²) in [6.07, 6.45) is 4.59. The quantitative estimate of drug-likeness (QED) is 0.249. The average molecular weight is 672 g/mol. The number of fused-ring (bicyclic) bond motifs is 4. The van der Waals surface area contributed by atoms with Gasteiger partial charge in [0.05, 0.1) is 28.0 Å². The molecule has 2 bridgehead atoms. The molecular formula is C32H40Cl2N8O4. The summed E-state index contributed by atoms with van der Waals surface area (Å²) in [6.45, 7) is 8.76. The van der Waals surface area contributed by atoms with E-state index in [4.69, 9.17) is 42.8 Å². The summed E-state index contributed by atoms with van der Waals surface area (Å²) >= 11 is 13.7. The van der Waals surface area contributed by atoms with Gasteiger partial charge >= 0.3 is 6.09 Å². The Balaban J connectivity index is 1.36. The molecule has 12 nitrogen and oxygen atoms in total. The molecule has 4 atom stereocenters. The van der Waals surface area contributed by atoms with Crippen LogP contribution >= 0.6 is 23.2 Å². The first kappa shape index (κ1) is 31.3. The molecule has 3 aliphatic heterocycles. The molecule has 246 valence electrons. The van der Waals surface area contributed by atoms with Crippen molar-refractivity contribution in [1.82, 2.24) is 34.0 Å². The maximum atomic E-state index is 14.4. The maximum Gasteiger partial charge on any atom is 0.410 e. The minimum absolute atomic E-state index is 0.00561. The van der Waals surface area contributed by atoms with E-state index in [0.717, 1.165) is 38.5 Å². The average Bonchev–Trinajstić information content (AvgIpc) is 3.78. The van der Waals surface area contributed by atoms with Crippen LogP contribution in [0.25, 0.3) is 33.2 Å². The van der Waals surface area contributed by atoms with Gasteiger partial charge in [-0.2, -0.15) is 15.2 Å². The summed E-state index contributed by atoms with van der Waals surface area (Å²) in [5.74, 6) is 0.558. The Morgan fingerprint density at radius 2 is 1.91 bits per heavy atom. The summed E-state index contributed by atoms with van der Waals surface area (Å²) in [4.78, 5) is 36.6. The number of rotatable bonds is 5. The van der Waals surface area contributed by atoms with Gasteiger partial charge in [0.2, 0.25) is 5.95 Å². The smallest absolute Gasteiger partial charge is 0.410 e. The van der Waals surface area contributed by atoms with E-state index in [0.29, 0.717) is 62.5 Å². The molecule has 3 fully saturated rings. The van der Waals surface area contributed by atoms with E-state index in [-0.39, 0.29) is 36.0 Å². The van der Waals surface area contributed by atoms with Gasteiger partial charge in [-0.25, -0.2) is 9.48 Å². The highest BCUT2D eigenvalue weighted by Gasteiger charge is 2.51. The SMILES string of the molecule is CCn1nc2ccc(-c3nn(C4CCCCO4)c4nc(N5[C@H]6CC[C@@H]5[C@H](N(C)C(=O)OC(C)(C)C)C6)n(C)c(=O)c34)c(Cl)c2c1Cl. The minimum atomic E-state index is -0.592. The fraction of sp³-hybridized carbons (Fsp3) is 0.594. The Bertz CT molecular complexity index is 1900. The van der Waals surface area contributed by atoms with Gasteiger partial charge in [0.1, 0.15) is 21.8 Å². The Labute approximate surface area is 277 Å². The van der Waals surface area contributed by atoms with E-state index in [9.17, 15) is 9.59 Å². The summed E-state index contributed by atoms with van der Waals surface area (Å²) < 4.78 is 16.9. The summed E-state index contributed by atoms with van der Waals surface area (Å²) in [5.41, 5.74) is 1.32. The molecular weight excluding hydrogens is 631 g/mol. The van der Waals surface area contributed by atoms with Crippen LogP contribution in [0, 0.1) is 0 Å². The second-order valence-corrected chi connectivity index (χ2v) is 14.4. The lowest BCUT2D eigenvalue weighted by Crippen LogP contribution is -2.47. The molecule has 1 unspecified atom stereocenters. The molecule has 1 aromatic carbocycles. The minimum Gasteiger partial charge on any atom is -0.444 e. The molecule has 0 N–H and O–H groups in total. The summed E-state index contributed by atoms with van der Waals surface area (Å²) in [7, 11) is 3.55. The van der Waals surface area contributed by atoms with Gasteiger partial charge < -0.3 is 19.3 Å². The highest BCUT2D eigenvalue weighted by Crippen LogP contribution is 2.44. The van der Waals surface area contributed by atoms with Gasteiger partial charge in [-0.3, -0.25) is 14.0 Å². The number of carbonyl (C=O) groups excluding carboxylic acids is 1. The Morgan fingerprint density at radius 3 is 2.61 bits per heavy atom. The third-order valence-corrected chi connectivity index (χ3v) is 10.4. The zero-order valence-corrected chi connectivity index (χ0v) is 28.6. The fourth-order valence-corrected chi connectivity index (χ4v) is 8.13. The number of halogens is 2. The summed E-state index contributed by atoms with van der Waals surface area (Å²) in [6, 6.07) is 3.75. The van der Waals surface area contributed by atoms with Crippen LogP contribution in [-0.2, 0) is 23.1 Å². The maximum absolute atomic E-state index is 14.4. The highest BCUT2D eigenvalue weighted by molar-refractivity contribution is 6.43. The van der Waals surface area contributed by atoms with E-state index in [1.165, 1.54) is 0 Å². The normalized spacial score (nSPS) is 23.2. The van der Waals surface area contributed by atoms with Crippen LogP contribution in [0.2, 0.25) is 10.2 Å². The van der Waals surface area contributed by atoms with Crippen LogP contribution in [0.1, 0.15) is 72.4 Å². The van der Waals surface area contributed by atoms with Crippen LogP contribution in [0.3, 0.4) is 0 Å². The number of aryl methyl sites for hydroxylation is 1. The zero-order chi connectivity index (χ0) is 32.7. The van der Waals surface area contributed by atoms with Crippen molar-refractivity contribution in [3.8, 4) is 11.3 Å². The lowest BCUT2D eigenvalue weighted by molar-refractivity contribution is -0.0368. The van der Waals surface area contributed by atoms with E-state index in [1.807, 2.05) is 39.8 Å². The number of amides is 1. The van der Waals surface area contributed by atoms with Crippen LogP contribution in [0.5, 0.6) is 0 Å². The molecule has 3 saturated heterocycles. The molecule has 7 rings (SSSR count). The van der Waals surface area contributed by atoms with E-state index >= 15 is 0 Å². The number of benzene rings is 1. The first-order valence-electron chi connectivity index (χ1n) is 16.1. The van der Waals surface area contributed by atoms with Crippen molar-refractivity contribution in [1.29, 1.82) is 0 Å². The number of anilines is 1. The zero-order valence-electron chi connectivity index (χ0n) is 27.1. The first-order valence-corrected chi connectivity index (χ1v) is 16.8. The molecule has 0 aliphatic carbocycles. The lowest BCUT2D eigenvalue weighted by atomic mass is 9.95. The van der Waals surface area contributed by atoms with Crippen LogP contribution in [0.4, 0.5) is 10.7 Å². The predicted molar refractivity (Wildman–Crippen MR) is 178 cm³/mol. The van der Waals surface area contributed by atoms with Gasteiger partial charge in [0.15, 0.2) is 11.9 Å². The fourth-order valence-electron chi connectivity index (χ4n) is 7.39. The second kappa shape index (κ2) is 11.4. The molecule has 4 aromatic rings. The summed E-state index contributed by atoms with van der Waals surface area (Å²) in [5, 5.41) is 11.4. The van der Waals surface area contributed by atoms with Gasteiger partial charge in [-0.15, -0.1) is 0 Å². The number of hydrogen-bond donors (Lipinski definition) is 0. The lowest BCUT2D eigenvalue weighted by Gasteiger charge is -2.33. The van der Waals surface area contributed by atoms with Crippen molar-refractivity contribution >= 4 is 57.2 Å². The molecule has 0 radical (unpaired) electrons. The van der Waals surface area contributed by atoms with Crippen molar-refractivity contribution in [2.45, 2.75) is 103 Å². The van der Waals surface area contributed by atoms with Crippen molar-refractivity contribution in [3.05, 3.63) is 32.7 Å². The molecule has 3 aromatic heterocycles. The van der Waals surface area contributed by atoms with Crippen LogP contribution in [0.15, 0.2) is 16.9 Å². The number of nitrogens with zero attached hydrogens (tertiary/aromatic N) is 8. The first-order chi connectivity index (χ1) is 21.9. The Kier molecular flexibility index (Phi) is 7.76. The molecule has 6 heterocycles. The predicted octanol–water partition coefficient (Wildman–Crippen LogP) is 6.15. The topological polar surface area (TPSA) is 113 Å². The molecule has 46 heavy (non-hydrogen) atoms. The number of carbonyl (C=O) groups is 1. The molecule has 14 heteroatoms. The Morgan fingerprint density at radius 1 is 1.13 bits per heavy atom. The standard InChI is InChI=1S/C32H40Cl2N8O4/c1-7-40-27(34)23-19(36-40)13-12-18(25(23)33)26-24-28(42(37-26)22-10-8-9-15-45-22)35-30(39(6)29(24)43)41-17-11-14-20(41)21(16-17)38(5)31(44)46-32(2,3)4/h12-13,17,20-22H,7-11,14-16H2,1-6H3/t17-,20+,21+,22?/m0/s1. The van der Waals surface area contributed by atoms with Gasteiger partial charge in [-0.05, 0) is 78.4 Å². The number of aromatic nitrogens is 6. The van der Waals surface area contributed by atoms with Gasteiger partial charge in [-0.1, -0.05) is 23.2 Å². The van der Waals surface area contributed by atoms with Crippen molar-refractivity contribution < 1.29 is 14.3 Å². The number of ether oxygens (including phenoxy) is 2. The number of hydrogen-bond acceptors (Lipinski definition) is 8. The van der Waals surface area contributed by atoms with Gasteiger partial charge in [0, 0.05) is 38.9 Å². The van der Waals surface area contributed by atoms with Crippen LogP contribution in [-0.4, -0.2) is 77.5 Å². The molecule has 0 spiro atoms. The second-order valence-electron chi connectivity index (χ2n) is 13.6. The van der Waals surface area contributed by atoms with E-state index < -0.39 is 5.60 Å². The molecule has 1 amide bonds. The molecule has 0 saturated carbocycles. The van der Waals surface area contributed by atoms with Crippen molar-refractivity contribution in [3.63, 3.8) is 0 Å². The van der Waals surface area contributed by atoms with E-state index in [2.05, 4.69) is 10.00 Å².